The fourth-order valence-corrected chi connectivity index (χ4v) is 2.81. The summed E-state index contributed by atoms with van der Waals surface area (Å²) in [5.74, 6) is -1.27. The second kappa shape index (κ2) is 4.75. The van der Waals surface area contributed by atoms with Gasteiger partial charge in [0.15, 0.2) is 5.13 Å². The summed E-state index contributed by atoms with van der Waals surface area (Å²) in [6.07, 6.45) is 0. The molecule has 3 rings (SSSR count). The molecule has 0 radical (unpaired) electrons. The molecule has 0 aliphatic carbocycles. The standard InChI is InChI=1S/C13H7ClF2N2S/c14-7-1-3-11-12(5-7)19-13(18-11)17-10-4-2-8(15)6-9(10)16/h1-6H,(H,17,18). The first kappa shape index (κ1) is 12.3. The zero-order valence-electron chi connectivity index (χ0n) is 9.45. The second-order valence-electron chi connectivity index (χ2n) is 3.88. The van der Waals surface area contributed by atoms with Gasteiger partial charge in [-0.3, -0.25) is 0 Å². The molecule has 0 saturated carbocycles. The highest BCUT2D eigenvalue weighted by molar-refractivity contribution is 7.22. The van der Waals surface area contributed by atoms with E-state index < -0.39 is 11.6 Å². The van der Waals surface area contributed by atoms with Crippen molar-refractivity contribution in [2.24, 2.45) is 0 Å². The third-order valence-electron chi connectivity index (χ3n) is 2.52. The van der Waals surface area contributed by atoms with Crippen LogP contribution in [0.4, 0.5) is 19.6 Å². The monoisotopic (exact) mass is 296 g/mol. The quantitative estimate of drug-likeness (QED) is 0.722. The molecule has 0 saturated heterocycles. The summed E-state index contributed by atoms with van der Waals surface area (Å²) in [5, 5.41) is 3.98. The van der Waals surface area contributed by atoms with E-state index in [-0.39, 0.29) is 5.69 Å². The molecule has 6 heteroatoms. The summed E-state index contributed by atoms with van der Waals surface area (Å²) >= 11 is 7.24. The van der Waals surface area contributed by atoms with E-state index >= 15 is 0 Å². The summed E-state index contributed by atoms with van der Waals surface area (Å²) in [6.45, 7) is 0. The number of thiazole rings is 1. The Kier molecular flexibility index (Phi) is 3.08. The Bertz CT molecular complexity index is 757. The Hall–Kier alpha value is -1.72. The molecule has 0 aliphatic rings. The SMILES string of the molecule is Fc1ccc(Nc2nc3ccc(Cl)cc3s2)c(F)c1. The molecule has 0 unspecified atom stereocenters. The molecule has 0 atom stereocenters. The molecular weight excluding hydrogens is 290 g/mol. The van der Waals surface area contributed by atoms with Crippen molar-refractivity contribution in [2.45, 2.75) is 0 Å². The molecule has 1 heterocycles. The van der Waals surface area contributed by atoms with Gasteiger partial charge in [0.25, 0.3) is 0 Å². The minimum absolute atomic E-state index is 0.187. The molecule has 1 N–H and O–H groups in total. The number of nitrogens with one attached hydrogen (secondary N) is 1. The molecule has 0 fully saturated rings. The summed E-state index contributed by atoms with van der Waals surface area (Å²) in [7, 11) is 0. The van der Waals surface area contributed by atoms with E-state index in [1.54, 1.807) is 18.2 Å². The second-order valence-corrected chi connectivity index (χ2v) is 5.35. The summed E-state index contributed by atoms with van der Waals surface area (Å²) in [4.78, 5) is 4.30. The van der Waals surface area contributed by atoms with Gasteiger partial charge in [-0.25, -0.2) is 13.8 Å². The number of hydrogen-bond donors (Lipinski definition) is 1. The van der Waals surface area contributed by atoms with Crippen molar-refractivity contribution in [3.8, 4) is 0 Å². The number of anilines is 2. The van der Waals surface area contributed by atoms with Gasteiger partial charge < -0.3 is 5.32 Å². The van der Waals surface area contributed by atoms with Gasteiger partial charge in [-0.2, -0.15) is 0 Å². The summed E-state index contributed by atoms with van der Waals surface area (Å²) in [5.41, 5.74) is 0.964. The predicted octanol–water partition coefficient (Wildman–Crippen LogP) is 4.97. The lowest BCUT2D eigenvalue weighted by Crippen LogP contribution is -1.93. The zero-order chi connectivity index (χ0) is 13.4. The number of halogens is 3. The number of fused-ring (bicyclic) bond motifs is 1. The topological polar surface area (TPSA) is 24.9 Å². The van der Waals surface area contributed by atoms with E-state index in [9.17, 15) is 8.78 Å². The van der Waals surface area contributed by atoms with Crippen LogP contribution in [0.1, 0.15) is 0 Å². The first-order chi connectivity index (χ1) is 9.11. The third kappa shape index (κ3) is 2.52. The van der Waals surface area contributed by atoms with Crippen LogP contribution in [0.5, 0.6) is 0 Å². The normalized spacial score (nSPS) is 10.9. The van der Waals surface area contributed by atoms with Gasteiger partial charge in [-0.05, 0) is 30.3 Å². The molecule has 0 spiro atoms. The van der Waals surface area contributed by atoms with Crippen molar-refractivity contribution in [3.05, 3.63) is 53.1 Å². The Morgan fingerprint density at radius 2 is 1.95 bits per heavy atom. The van der Waals surface area contributed by atoms with Crippen LogP contribution in [0.15, 0.2) is 36.4 Å². The smallest absolute Gasteiger partial charge is 0.188 e. The number of hydrogen-bond acceptors (Lipinski definition) is 3. The molecule has 19 heavy (non-hydrogen) atoms. The van der Waals surface area contributed by atoms with Crippen LogP contribution >= 0.6 is 22.9 Å². The van der Waals surface area contributed by atoms with E-state index in [1.165, 1.54) is 23.5 Å². The largest absolute Gasteiger partial charge is 0.329 e. The van der Waals surface area contributed by atoms with Gasteiger partial charge >= 0.3 is 0 Å². The van der Waals surface area contributed by atoms with Crippen LogP contribution < -0.4 is 5.32 Å². The fourth-order valence-electron chi connectivity index (χ4n) is 1.66. The van der Waals surface area contributed by atoms with E-state index in [0.29, 0.717) is 10.2 Å². The average molecular weight is 297 g/mol. The number of aromatic nitrogens is 1. The fraction of sp³-hybridized carbons (Fsp3) is 0. The zero-order valence-corrected chi connectivity index (χ0v) is 11.0. The molecule has 2 nitrogen and oxygen atoms in total. The lowest BCUT2D eigenvalue weighted by atomic mass is 10.3. The molecule has 0 bridgehead atoms. The number of rotatable bonds is 2. The molecule has 1 aromatic heterocycles. The number of benzene rings is 2. The van der Waals surface area contributed by atoms with Gasteiger partial charge in [0.05, 0.1) is 15.9 Å². The Morgan fingerprint density at radius 1 is 1.11 bits per heavy atom. The van der Waals surface area contributed by atoms with Crippen molar-refractivity contribution in [1.29, 1.82) is 0 Å². The van der Waals surface area contributed by atoms with Gasteiger partial charge in [0, 0.05) is 11.1 Å². The molecule has 96 valence electrons. The summed E-state index contributed by atoms with van der Waals surface area (Å²) in [6, 6.07) is 8.68. The van der Waals surface area contributed by atoms with Crippen LogP contribution in [0.3, 0.4) is 0 Å². The maximum absolute atomic E-state index is 13.5. The third-order valence-corrected chi connectivity index (χ3v) is 3.69. The van der Waals surface area contributed by atoms with Gasteiger partial charge in [-0.1, -0.05) is 22.9 Å². The maximum Gasteiger partial charge on any atom is 0.188 e. The summed E-state index contributed by atoms with van der Waals surface area (Å²) < 4.78 is 27.2. The van der Waals surface area contributed by atoms with Crippen LogP contribution in [-0.4, -0.2) is 4.98 Å². The molecule has 0 amide bonds. The van der Waals surface area contributed by atoms with Crippen molar-refractivity contribution in [1.82, 2.24) is 4.98 Å². The van der Waals surface area contributed by atoms with Crippen LogP contribution in [-0.2, 0) is 0 Å². The van der Waals surface area contributed by atoms with E-state index in [4.69, 9.17) is 11.6 Å². The van der Waals surface area contributed by atoms with Gasteiger partial charge in [0.1, 0.15) is 11.6 Å². The van der Waals surface area contributed by atoms with E-state index in [2.05, 4.69) is 10.3 Å². The van der Waals surface area contributed by atoms with Crippen molar-refractivity contribution < 1.29 is 8.78 Å². The van der Waals surface area contributed by atoms with E-state index in [1.807, 2.05) is 0 Å². The average Bonchev–Trinajstić information content (AvgIpc) is 2.74. The lowest BCUT2D eigenvalue weighted by Gasteiger charge is -2.03. The van der Waals surface area contributed by atoms with Gasteiger partial charge in [0.2, 0.25) is 0 Å². The van der Waals surface area contributed by atoms with Crippen LogP contribution in [0.25, 0.3) is 10.2 Å². The maximum atomic E-state index is 13.5. The van der Waals surface area contributed by atoms with Gasteiger partial charge in [-0.15, -0.1) is 0 Å². The molecule has 3 aromatic rings. The Morgan fingerprint density at radius 3 is 2.74 bits per heavy atom. The first-order valence-corrected chi connectivity index (χ1v) is 6.59. The first-order valence-electron chi connectivity index (χ1n) is 5.40. The molecule has 2 aromatic carbocycles. The van der Waals surface area contributed by atoms with Crippen molar-refractivity contribution in [2.75, 3.05) is 5.32 Å². The van der Waals surface area contributed by atoms with Crippen LogP contribution in [0, 0.1) is 11.6 Å². The Balaban J connectivity index is 1.96. The number of nitrogens with zero attached hydrogens (tertiary/aromatic N) is 1. The Labute approximate surface area is 116 Å². The lowest BCUT2D eigenvalue weighted by molar-refractivity contribution is 0.586. The highest BCUT2D eigenvalue weighted by Gasteiger charge is 2.08. The van der Waals surface area contributed by atoms with E-state index in [0.717, 1.165) is 16.3 Å². The minimum atomic E-state index is -0.655. The van der Waals surface area contributed by atoms with Crippen molar-refractivity contribution >= 4 is 44.0 Å². The van der Waals surface area contributed by atoms with Crippen LogP contribution in [0.2, 0.25) is 5.02 Å². The van der Waals surface area contributed by atoms with Crippen molar-refractivity contribution in [3.63, 3.8) is 0 Å². The molecule has 0 aliphatic heterocycles. The molecular formula is C13H7ClF2N2S. The minimum Gasteiger partial charge on any atom is -0.329 e. The highest BCUT2D eigenvalue weighted by Crippen LogP contribution is 2.30. The predicted molar refractivity (Wildman–Crippen MR) is 74.3 cm³/mol. The highest BCUT2D eigenvalue weighted by atomic mass is 35.5.